The normalized spacial score (nSPS) is 19.2. The lowest BCUT2D eigenvalue weighted by Crippen LogP contribution is -2.35. The van der Waals surface area contributed by atoms with E-state index in [4.69, 9.17) is 19.3 Å². The van der Waals surface area contributed by atoms with Crippen molar-refractivity contribution in [2.75, 3.05) is 105 Å². The standard InChI is InChI=1S/C26H38N9O9P.C26H37N9O6/c1-35(2,3)11-5-4-10-33-16-31-22-23(29-15-30-24(22)33)28-9-8-27-20(37)7-6-17-13-34(26(39)32-25(17)38)21-12-18(36)19(44-21)14-43-45(40,41)42;1-35(2,3)11-5-4-10-33-16-31-22-23(29-15-30-24(22)33)28-9-8-27-20(38)7-6-17-13-34(26(40)32-25(17)39)21-12-18(37)19(14-36)41-21/h6-7,13,15-16,18-19,21,36H,4-5,8-12,14H2,1-3H3,(H4-,27,28,29,30,32,37,38,39,40,41,42);6-7,13,15-16,18-19,21,36-37H,4-5,8-12,14H2,1-3H3,(H2-,27,28,29,30,32,38,39,40)/p+2/b2*7-6+. The lowest BCUT2D eigenvalue weighted by molar-refractivity contribution is -0.870. The highest BCUT2D eigenvalue weighted by atomic mass is 31.2. The topological polar surface area (TPSA) is 425 Å². The molecule has 0 spiro atoms. The number of hydrogen-bond donors (Lipinski definition) is 11. The Morgan fingerprint density at radius 1 is 0.663 bits per heavy atom. The molecule has 2 amide bonds. The number of phosphoric acid groups is 1. The second-order valence-corrected chi connectivity index (χ2v) is 23.8. The smallest absolute Gasteiger partial charge is 0.394 e. The third-order valence-electron chi connectivity index (χ3n) is 13.6. The fourth-order valence-corrected chi connectivity index (χ4v) is 9.53. The first-order chi connectivity index (χ1) is 40.8. The summed E-state index contributed by atoms with van der Waals surface area (Å²) in [5.41, 5.74) is -0.196. The van der Waals surface area contributed by atoms with Crippen molar-refractivity contribution in [3.63, 3.8) is 0 Å². The van der Waals surface area contributed by atoms with Crippen molar-refractivity contribution in [1.82, 2.24) is 68.8 Å². The van der Waals surface area contributed by atoms with Crippen molar-refractivity contribution in [2.24, 2.45) is 0 Å². The molecular weight excluding hydrogens is 1150 g/mol. The van der Waals surface area contributed by atoms with Crippen LogP contribution in [0.25, 0.3) is 34.5 Å². The number of H-pyrrole nitrogens is 2. The Labute approximate surface area is 491 Å². The number of aliphatic hydroxyl groups excluding tert-OH is 3. The highest BCUT2D eigenvalue weighted by Crippen LogP contribution is 2.38. The number of rotatable bonds is 28. The number of aromatic amines is 2. The van der Waals surface area contributed by atoms with Crippen LogP contribution in [-0.2, 0) is 41.2 Å². The van der Waals surface area contributed by atoms with Gasteiger partial charge in [0.25, 0.3) is 11.1 Å². The van der Waals surface area contributed by atoms with Crippen LogP contribution in [0.15, 0.2) is 69.0 Å². The van der Waals surface area contributed by atoms with Crippen LogP contribution in [-0.4, -0.2) is 223 Å². The van der Waals surface area contributed by atoms with Crippen molar-refractivity contribution in [3.05, 3.63) is 103 Å². The maximum absolute atomic E-state index is 12.4. The Morgan fingerprint density at radius 2 is 1.09 bits per heavy atom. The fourth-order valence-electron chi connectivity index (χ4n) is 9.19. The molecule has 33 nitrogen and oxygen atoms in total. The van der Waals surface area contributed by atoms with Crippen molar-refractivity contribution in [1.29, 1.82) is 0 Å². The molecule has 2 saturated heterocycles. The number of carbonyl (C=O) groups excluding carboxylic acids is 2. The second kappa shape index (κ2) is 29.6. The molecule has 0 saturated carbocycles. The maximum Gasteiger partial charge on any atom is 0.469 e. The molecule has 8 rings (SSSR count). The highest BCUT2D eigenvalue weighted by Gasteiger charge is 2.38. The van der Waals surface area contributed by atoms with Crippen molar-refractivity contribution >= 4 is 65.8 Å². The summed E-state index contributed by atoms with van der Waals surface area (Å²) in [6.45, 7) is 3.96. The Kier molecular flexibility index (Phi) is 22.7. The maximum atomic E-state index is 12.4. The van der Waals surface area contributed by atoms with Crippen LogP contribution in [0.5, 0.6) is 0 Å². The molecule has 6 aromatic heterocycles. The molecule has 0 aliphatic carbocycles. The summed E-state index contributed by atoms with van der Waals surface area (Å²) in [7, 11) is 8.22. The number of imidazole rings is 2. The van der Waals surface area contributed by atoms with Crippen molar-refractivity contribution < 1.29 is 62.2 Å². The van der Waals surface area contributed by atoms with Gasteiger partial charge in [-0.15, -0.1) is 0 Å². The van der Waals surface area contributed by atoms with E-state index in [0.717, 1.165) is 87.3 Å². The number of amides is 2. The zero-order valence-electron chi connectivity index (χ0n) is 48.7. The molecular formula is C52H77N18O15P+2. The van der Waals surface area contributed by atoms with E-state index in [1.165, 1.54) is 43.3 Å². The Bertz CT molecular complexity index is 3630. The lowest BCUT2D eigenvalue weighted by atomic mass is 10.2. The van der Waals surface area contributed by atoms with E-state index >= 15 is 0 Å². The van der Waals surface area contributed by atoms with Crippen molar-refractivity contribution in [3.8, 4) is 0 Å². The van der Waals surface area contributed by atoms with Gasteiger partial charge >= 0.3 is 19.2 Å². The number of hydrogen-bond acceptors (Lipinski definition) is 21. The van der Waals surface area contributed by atoms with Gasteiger partial charge in [0.1, 0.15) is 48.4 Å². The summed E-state index contributed by atoms with van der Waals surface area (Å²) in [5.74, 6) is 0.171. The van der Waals surface area contributed by atoms with E-state index in [2.05, 4.69) is 108 Å². The Morgan fingerprint density at radius 3 is 1.50 bits per heavy atom. The number of aliphatic hydroxyl groups is 3. The first kappa shape index (κ1) is 65.8. The van der Waals surface area contributed by atoms with Gasteiger partial charge in [0.2, 0.25) is 11.8 Å². The summed E-state index contributed by atoms with van der Waals surface area (Å²) in [6, 6.07) is 0. The third-order valence-corrected chi connectivity index (χ3v) is 14.1. The molecule has 8 heterocycles. The number of aromatic nitrogens is 12. The van der Waals surface area contributed by atoms with Crippen LogP contribution in [0.2, 0.25) is 0 Å². The van der Waals surface area contributed by atoms with Gasteiger partial charge in [-0.25, -0.2) is 44.1 Å². The van der Waals surface area contributed by atoms with Gasteiger partial charge in [0.05, 0.1) is 105 Å². The largest absolute Gasteiger partial charge is 0.469 e. The minimum atomic E-state index is -4.79. The third kappa shape index (κ3) is 19.2. The predicted octanol–water partition coefficient (Wildman–Crippen LogP) is -1.79. The fraction of sp³-hybridized carbons (Fsp3) is 0.538. The van der Waals surface area contributed by atoms with Crippen LogP contribution in [0.3, 0.4) is 0 Å². The summed E-state index contributed by atoms with van der Waals surface area (Å²) >= 11 is 0. The second-order valence-electron chi connectivity index (χ2n) is 22.5. The minimum Gasteiger partial charge on any atom is -0.394 e. The molecule has 2 aliphatic rings. The molecule has 11 N–H and O–H groups in total. The number of fused-ring (bicyclic) bond motifs is 2. The number of carbonyl (C=O) groups is 2. The predicted molar refractivity (Wildman–Crippen MR) is 313 cm³/mol. The molecule has 86 heavy (non-hydrogen) atoms. The van der Waals surface area contributed by atoms with Crippen LogP contribution >= 0.6 is 7.82 Å². The summed E-state index contributed by atoms with van der Waals surface area (Å²) < 4.78 is 34.3. The highest BCUT2D eigenvalue weighted by molar-refractivity contribution is 7.46. The molecule has 468 valence electrons. The number of aryl methyl sites for hydroxylation is 2. The summed E-state index contributed by atoms with van der Waals surface area (Å²) in [5, 5.41) is 41.1. The molecule has 6 unspecified atom stereocenters. The molecule has 6 atom stereocenters. The number of phosphoric ester groups is 1. The van der Waals surface area contributed by atoms with E-state index in [1.54, 1.807) is 12.7 Å². The summed E-state index contributed by atoms with van der Waals surface area (Å²) in [6.07, 6.45) is 11.9. The molecule has 2 fully saturated rings. The van der Waals surface area contributed by atoms with Gasteiger partial charge in [-0.1, -0.05) is 0 Å². The average molecular weight is 1230 g/mol. The quantitative estimate of drug-likeness (QED) is 0.0112. The number of anilines is 2. The van der Waals surface area contributed by atoms with Crippen molar-refractivity contribution in [2.45, 2.75) is 88.5 Å². The number of nitrogens with zero attached hydrogens (tertiary/aromatic N) is 12. The SMILES string of the molecule is C[N+](C)(C)CCCCn1cnc2c(NCCNC(=O)/C=C/c3cn(C4CC(O)C(CO)O4)c(=O)[nH]c3=O)ncnc21.C[N+](C)(C)CCCCn1cnc2c(NCCNC(=O)/C=C/c3cn(C4CC(O)C(COP(=O)(O)O)O4)c(=O)[nH]c3=O)ncnc21. The lowest BCUT2D eigenvalue weighted by Gasteiger charge is -2.23. The molecule has 2 aliphatic heterocycles. The minimum absolute atomic E-state index is 0.0349. The first-order valence-electron chi connectivity index (χ1n) is 27.8. The summed E-state index contributed by atoms with van der Waals surface area (Å²) in [4.78, 5) is 122. The monoisotopic (exact) mass is 1220 g/mol. The van der Waals surface area contributed by atoms with E-state index in [0.29, 0.717) is 35.8 Å². The average Bonchev–Trinajstić information content (AvgIpc) is 3.55. The van der Waals surface area contributed by atoms with Gasteiger partial charge in [0, 0.05) is 76.7 Å². The molecule has 34 heteroatoms. The zero-order valence-corrected chi connectivity index (χ0v) is 49.6. The van der Waals surface area contributed by atoms with Gasteiger partial charge < -0.3 is 73.9 Å². The van der Waals surface area contributed by atoms with Gasteiger partial charge in [-0.2, -0.15) is 0 Å². The Hall–Kier alpha value is -7.69. The number of quaternary nitrogens is 2. The van der Waals surface area contributed by atoms with Crippen LogP contribution in [0.4, 0.5) is 11.6 Å². The van der Waals surface area contributed by atoms with E-state index in [1.807, 2.05) is 9.13 Å². The number of nitrogens with one attached hydrogen (secondary N) is 6. The zero-order chi connectivity index (χ0) is 62.3. The van der Waals surface area contributed by atoms with Crippen LogP contribution < -0.4 is 43.8 Å². The van der Waals surface area contributed by atoms with E-state index in [9.17, 15) is 48.7 Å². The Balaban J connectivity index is 0.000000247. The number of unbranched alkanes of at least 4 members (excludes halogenated alkanes) is 2. The van der Waals surface area contributed by atoms with Gasteiger partial charge in [-0.3, -0.25) is 42.8 Å². The first-order valence-corrected chi connectivity index (χ1v) is 29.3. The van der Waals surface area contributed by atoms with Gasteiger partial charge in [0.15, 0.2) is 22.9 Å². The number of ether oxygens (including phenoxy) is 2. The molecule has 0 radical (unpaired) electrons. The van der Waals surface area contributed by atoms with Gasteiger partial charge in [-0.05, 0) is 37.8 Å². The van der Waals surface area contributed by atoms with E-state index in [-0.39, 0.29) is 37.1 Å². The molecule has 0 bridgehead atoms. The van der Waals surface area contributed by atoms with E-state index < -0.39 is 92.2 Å². The molecule has 0 aromatic carbocycles. The van der Waals surface area contributed by atoms with Crippen LogP contribution in [0, 0.1) is 0 Å². The molecule has 6 aromatic rings. The van der Waals surface area contributed by atoms with Crippen LogP contribution in [0.1, 0.15) is 62.1 Å².